The zero-order chi connectivity index (χ0) is 23.4. The summed E-state index contributed by atoms with van der Waals surface area (Å²) in [5.41, 5.74) is 2.13. The Kier molecular flexibility index (Phi) is 7.50. The Labute approximate surface area is 191 Å². The van der Waals surface area contributed by atoms with Crippen LogP contribution in [0.4, 0.5) is 4.39 Å². The summed E-state index contributed by atoms with van der Waals surface area (Å²) in [6, 6.07) is 9.21. The lowest BCUT2D eigenvalue weighted by atomic mass is 10.1. The van der Waals surface area contributed by atoms with Gasteiger partial charge in [0.2, 0.25) is 0 Å². The van der Waals surface area contributed by atoms with E-state index in [-0.39, 0.29) is 22.9 Å². The molecule has 7 nitrogen and oxygen atoms in total. The van der Waals surface area contributed by atoms with Crippen molar-refractivity contribution in [2.24, 2.45) is 7.05 Å². The Bertz CT molecular complexity index is 1100. The number of rotatable bonds is 9. The first-order valence-electron chi connectivity index (χ1n) is 10.0. The minimum Gasteiger partial charge on any atom is -0.480 e. The zero-order valence-corrected chi connectivity index (χ0v) is 19.2. The SMILES string of the molecule is CC(NCc1c(F)cc(Cl)cc1Oc1ccc(-c2cnc(CN(C)C)n2C)cc1)C(=O)O. The molecule has 0 spiro atoms. The summed E-state index contributed by atoms with van der Waals surface area (Å²) in [5, 5.41) is 12.0. The van der Waals surface area contributed by atoms with Gasteiger partial charge in [-0.05, 0) is 57.4 Å². The molecular formula is C23H26ClFN4O3. The predicted molar refractivity (Wildman–Crippen MR) is 121 cm³/mol. The number of carboxylic acids is 1. The van der Waals surface area contributed by atoms with E-state index in [1.54, 1.807) is 12.1 Å². The van der Waals surface area contributed by atoms with Gasteiger partial charge in [-0.25, -0.2) is 9.37 Å². The van der Waals surface area contributed by atoms with Crippen LogP contribution >= 0.6 is 11.6 Å². The number of ether oxygens (including phenoxy) is 1. The van der Waals surface area contributed by atoms with Crippen LogP contribution in [-0.4, -0.2) is 45.7 Å². The van der Waals surface area contributed by atoms with E-state index in [0.717, 1.165) is 23.6 Å². The normalized spacial score (nSPS) is 12.2. The number of nitrogens with zero attached hydrogens (tertiary/aromatic N) is 3. The Morgan fingerprint density at radius 1 is 1.31 bits per heavy atom. The highest BCUT2D eigenvalue weighted by molar-refractivity contribution is 6.30. The van der Waals surface area contributed by atoms with Gasteiger partial charge in [0.05, 0.1) is 18.4 Å². The van der Waals surface area contributed by atoms with Crippen molar-refractivity contribution in [3.63, 3.8) is 0 Å². The molecule has 170 valence electrons. The Balaban J connectivity index is 1.81. The summed E-state index contributed by atoms with van der Waals surface area (Å²) in [6.45, 7) is 2.20. The number of carbonyl (C=O) groups is 1. The average Bonchev–Trinajstić information content (AvgIpc) is 3.07. The van der Waals surface area contributed by atoms with Crippen molar-refractivity contribution in [2.45, 2.75) is 26.1 Å². The number of imidazole rings is 1. The third-order valence-corrected chi connectivity index (χ3v) is 5.21. The first-order valence-corrected chi connectivity index (χ1v) is 10.4. The lowest BCUT2D eigenvalue weighted by Gasteiger charge is -2.15. The van der Waals surface area contributed by atoms with Crippen LogP contribution in [-0.2, 0) is 24.9 Å². The highest BCUT2D eigenvalue weighted by Gasteiger charge is 2.17. The fourth-order valence-electron chi connectivity index (χ4n) is 3.15. The number of benzene rings is 2. The smallest absolute Gasteiger partial charge is 0.320 e. The highest BCUT2D eigenvalue weighted by Crippen LogP contribution is 2.32. The fourth-order valence-corrected chi connectivity index (χ4v) is 3.35. The maximum absolute atomic E-state index is 14.5. The Hall–Kier alpha value is -2.94. The number of carboxylic acid groups (broad SMARTS) is 1. The van der Waals surface area contributed by atoms with E-state index in [1.165, 1.54) is 19.1 Å². The summed E-state index contributed by atoms with van der Waals surface area (Å²) in [7, 11) is 5.95. The molecule has 0 aliphatic rings. The molecule has 0 aliphatic carbocycles. The van der Waals surface area contributed by atoms with Gasteiger partial charge in [-0.1, -0.05) is 11.6 Å². The molecule has 1 aromatic heterocycles. The first kappa shape index (κ1) is 23.7. The second-order valence-corrected chi connectivity index (χ2v) is 8.22. The Morgan fingerprint density at radius 3 is 2.62 bits per heavy atom. The van der Waals surface area contributed by atoms with E-state index in [4.69, 9.17) is 21.4 Å². The van der Waals surface area contributed by atoms with Crippen LogP contribution in [0.25, 0.3) is 11.3 Å². The second-order valence-electron chi connectivity index (χ2n) is 7.79. The molecule has 1 atom stereocenters. The summed E-state index contributed by atoms with van der Waals surface area (Å²) in [5.74, 6) is 0.0755. The van der Waals surface area contributed by atoms with E-state index in [1.807, 2.05) is 44.0 Å². The number of halogens is 2. The standard InChI is InChI=1S/C23H26ClFN4O3/c1-14(23(30)31)26-11-18-19(25)9-16(24)10-21(18)32-17-7-5-15(6-8-17)20-12-27-22(29(20)4)13-28(2)3/h5-10,12,14,26H,11,13H2,1-4H3,(H,30,31). The lowest BCUT2D eigenvalue weighted by Crippen LogP contribution is -2.33. The quantitative estimate of drug-likeness (QED) is 0.495. The molecule has 0 saturated carbocycles. The summed E-state index contributed by atoms with van der Waals surface area (Å²) >= 11 is 6.01. The highest BCUT2D eigenvalue weighted by atomic mass is 35.5. The molecule has 3 rings (SSSR count). The third-order valence-electron chi connectivity index (χ3n) is 4.99. The van der Waals surface area contributed by atoms with Crippen molar-refractivity contribution in [2.75, 3.05) is 14.1 Å². The molecule has 9 heteroatoms. The van der Waals surface area contributed by atoms with Gasteiger partial charge in [0.25, 0.3) is 0 Å². The van der Waals surface area contributed by atoms with Crippen molar-refractivity contribution in [3.8, 4) is 22.8 Å². The zero-order valence-electron chi connectivity index (χ0n) is 18.4. The van der Waals surface area contributed by atoms with Crippen LogP contribution < -0.4 is 10.1 Å². The number of aliphatic carboxylic acids is 1. The molecule has 1 heterocycles. The average molecular weight is 461 g/mol. The van der Waals surface area contributed by atoms with Gasteiger partial charge in [0.1, 0.15) is 29.2 Å². The van der Waals surface area contributed by atoms with E-state index in [0.29, 0.717) is 5.75 Å². The minimum atomic E-state index is -1.03. The van der Waals surface area contributed by atoms with Crippen molar-refractivity contribution < 1.29 is 19.0 Å². The molecule has 0 bridgehead atoms. The van der Waals surface area contributed by atoms with Gasteiger partial charge in [-0.3, -0.25) is 4.79 Å². The maximum Gasteiger partial charge on any atom is 0.320 e. The largest absolute Gasteiger partial charge is 0.480 e. The minimum absolute atomic E-state index is 0.0203. The molecule has 3 aromatic rings. The van der Waals surface area contributed by atoms with E-state index >= 15 is 0 Å². The molecule has 0 radical (unpaired) electrons. The molecular weight excluding hydrogens is 435 g/mol. The van der Waals surface area contributed by atoms with Gasteiger partial charge in [-0.15, -0.1) is 0 Å². The molecule has 1 unspecified atom stereocenters. The monoisotopic (exact) mass is 460 g/mol. The third kappa shape index (κ3) is 5.64. The number of hydrogen-bond acceptors (Lipinski definition) is 5. The van der Waals surface area contributed by atoms with Crippen molar-refractivity contribution in [1.29, 1.82) is 0 Å². The topological polar surface area (TPSA) is 79.6 Å². The van der Waals surface area contributed by atoms with Gasteiger partial charge in [0, 0.05) is 29.7 Å². The Morgan fingerprint density at radius 2 is 2.00 bits per heavy atom. The van der Waals surface area contributed by atoms with Gasteiger partial charge >= 0.3 is 5.97 Å². The van der Waals surface area contributed by atoms with Gasteiger partial charge in [0.15, 0.2) is 0 Å². The molecule has 0 saturated heterocycles. The molecule has 32 heavy (non-hydrogen) atoms. The van der Waals surface area contributed by atoms with E-state index in [9.17, 15) is 9.18 Å². The van der Waals surface area contributed by atoms with Crippen LogP contribution in [0, 0.1) is 5.82 Å². The number of hydrogen-bond donors (Lipinski definition) is 2. The molecule has 0 aliphatic heterocycles. The first-order chi connectivity index (χ1) is 15.2. The van der Waals surface area contributed by atoms with E-state index in [2.05, 4.69) is 15.2 Å². The molecule has 2 aromatic carbocycles. The summed E-state index contributed by atoms with van der Waals surface area (Å²) in [4.78, 5) is 17.6. The maximum atomic E-state index is 14.5. The van der Waals surface area contributed by atoms with Gasteiger partial charge in [-0.2, -0.15) is 0 Å². The van der Waals surface area contributed by atoms with E-state index < -0.39 is 17.8 Å². The number of nitrogens with one attached hydrogen (secondary N) is 1. The summed E-state index contributed by atoms with van der Waals surface area (Å²) in [6.07, 6.45) is 1.83. The molecule has 0 fully saturated rings. The van der Waals surface area contributed by atoms with Crippen molar-refractivity contribution in [1.82, 2.24) is 19.8 Å². The lowest BCUT2D eigenvalue weighted by molar-refractivity contribution is -0.139. The fraction of sp³-hybridized carbons (Fsp3) is 0.304. The van der Waals surface area contributed by atoms with Crippen LogP contribution in [0.3, 0.4) is 0 Å². The van der Waals surface area contributed by atoms with Crippen molar-refractivity contribution >= 4 is 17.6 Å². The number of aromatic nitrogens is 2. The van der Waals surface area contributed by atoms with Crippen molar-refractivity contribution in [3.05, 3.63) is 64.8 Å². The van der Waals surface area contributed by atoms with Crippen LogP contribution in [0.1, 0.15) is 18.3 Å². The van der Waals surface area contributed by atoms with Crippen LogP contribution in [0.5, 0.6) is 11.5 Å². The van der Waals surface area contributed by atoms with Crippen LogP contribution in [0.2, 0.25) is 5.02 Å². The molecule has 0 amide bonds. The second kappa shape index (κ2) is 10.1. The van der Waals surface area contributed by atoms with Crippen LogP contribution in [0.15, 0.2) is 42.6 Å². The summed E-state index contributed by atoms with van der Waals surface area (Å²) < 4.78 is 22.5. The predicted octanol–water partition coefficient (Wildman–Crippen LogP) is 4.30. The van der Waals surface area contributed by atoms with Gasteiger partial charge < -0.3 is 24.6 Å². The molecule has 2 N–H and O–H groups in total.